The van der Waals surface area contributed by atoms with Gasteiger partial charge in [-0.3, -0.25) is 0 Å². The quantitative estimate of drug-likeness (QED) is 0.624. The van der Waals surface area contributed by atoms with Gasteiger partial charge in [0.2, 0.25) is 0 Å². The Morgan fingerprint density at radius 2 is 2.25 bits per heavy atom. The molecular formula is C13H17IO2. The molecule has 0 aliphatic carbocycles. The number of fused-ring (bicyclic) bond motifs is 1. The van der Waals surface area contributed by atoms with E-state index in [9.17, 15) is 0 Å². The largest absolute Gasteiger partial charge is 0.494 e. The van der Waals surface area contributed by atoms with Gasteiger partial charge in [0.1, 0.15) is 17.6 Å². The van der Waals surface area contributed by atoms with Crippen molar-refractivity contribution in [3.8, 4) is 11.5 Å². The molecule has 0 saturated carbocycles. The number of benzene rings is 1. The first kappa shape index (κ1) is 12.0. The number of rotatable bonds is 3. The Labute approximate surface area is 110 Å². The fourth-order valence-electron chi connectivity index (χ4n) is 2.16. The Balaban J connectivity index is 2.42. The zero-order valence-electron chi connectivity index (χ0n) is 9.97. The van der Waals surface area contributed by atoms with E-state index in [-0.39, 0.29) is 0 Å². The van der Waals surface area contributed by atoms with Crippen LogP contribution in [-0.4, -0.2) is 17.1 Å². The maximum Gasteiger partial charge on any atom is 0.126 e. The van der Waals surface area contributed by atoms with E-state index >= 15 is 0 Å². The number of hydrogen-bond donors (Lipinski definition) is 0. The van der Waals surface area contributed by atoms with E-state index in [1.165, 1.54) is 16.7 Å². The lowest BCUT2D eigenvalue weighted by Crippen LogP contribution is -2.13. The predicted octanol–water partition coefficient (Wildman–Crippen LogP) is 3.44. The first-order valence-electron chi connectivity index (χ1n) is 5.65. The topological polar surface area (TPSA) is 18.5 Å². The molecule has 2 nitrogen and oxygen atoms in total. The highest BCUT2D eigenvalue weighted by atomic mass is 127. The van der Waals surface area contributed by atoms with Crippen LogP contribution in [-0.2, 0) is 6.42 Å². The molecule has 0 aromatic heterocycles. The molecule has 1 unspecified atom stereocenters. The third-order valence-electron chi connectivity index (χ3n) is 2.99. The van der Waals surface area contributed by atoms with Gasteiger partial charge >= 0.3 is 0 Å². The van der Waals surface area contributed by atoms with Crippen molar-refractivity contribution in [2.45, 2.75) is 33.3 Å². The molecule has 0 N–H and O–H groups in total. The van der Waals surface area contributed by atoms with Crippen LogP contribution in [0.1, 0.15) is 23.6 Å². The summed E-state index contributed by atoms with van der Waals surface area (Å²) in [6.45, 7) is 6.96. The SMILES string of the molecule is CCOc1cc(C)c2c(c1C)CC(CI)O2. The molecule has 1 aliphatic rings. The minimum atomic E-state index is 0.338. The third-order valence-corrected chi connectivity index (χ3v) is 3.97. The molecule has 88 valence electrons. The maximum atomic E-state index is 5.94. The van der Waals surface area contributed by atoms with E-state index in [1.54, 1.807) is 0 Å². The Bertz CT molecular complexity index is 401. The van der Waals surface area contributed by atoms with Crippen molar-refractivity contribution >= 4 is 22.6 Å². The lowest BCUT2D eigenvalue weighted by atomic mass is 10.0. The van der Waals surface area contributed by atoms with Gasteiger partial charge < -0.3 is 9.47 Å². The fraction of sp³-hybridized carbons (Fsp3) is 0.538. The van der Waals surface area contributed by atoms with E-state index < -0.39 is 0 Å². The van der Waals surface area contributed by atoms with E-state index in [2.05, 4.69) is 42.5 Å². The van der Waals surface area contributed by atoms with E-state index in [0.29, 0.717) is 6.10 Å². The predicted molar refractivity (Wildman–Crippen MR) is 74.1 cm³/mol. The van der Waals surface area contributed by atoms with E-state index in [4.69, 9.17) is 9.47 Å². The monoisotopic (exact) mass is 332 g/mol. The molecule has 1 aromatic carbocycles. The van der Waals surface area contributed by atoms with Crippen molar-refractivity contribution in [2.75, 3.05) is 11.0 Å². The zero-order valence-corrected chi connectivity index (χ0v) is 12.1. The summed E-state index contributed by atoms with van der Waals surface area (Å²) in [7, 11) is 0. The number of hydrogen-bond acceptors (Lipinski definition) is 2. The minimum Gasteiger partial charge on any atom is -0.494 e. The van der Waals surface area contributed by atoms with Crippen molar-refractivity contribution in [3.63, 3.8) is 0 Å². The van der Waals surface area contributed by atoms with Crippen molar-refractivity contribution in [2.24, 2.45) is 0 Å². The molecule has 0 radical (unpaired) electrons. The second-order valence-electron chi connectivity index (χ2n) is 4.16. The summed E-state index contributed by atoms with van der Waals surface area (Å²) in [5.74, 6) is 2.10. The molecule has 0 spiro atoms. The Morgan fingerprint density at radius 3 is 2.88 bits per heavy atom. The summed E-state index contributed by atoms with van der Waals surface area (Å²) in [4.78, 5) is 0. The van der Waals surface area contributed by atoms with Crippen LogP contribution in [0.3, 0.4) is 0 Å². The van der Waals surface area contributed by atoms with Gasteiger partial charge in [0.05, 0.1) is 6.61 Å². The second kappa shape index (κ2) is 4.82. The fourth-order valence-corrected chi connectivity index (χ4v) is 2.66. The van der Waals surface area contributed by atoms with Gasteiger partial charge in [0.15, 0.2) is 0 Å². The molecule has 1 aliphatic heterocycles. The summed E-state index contributed by atoms with van der Waals surface area (Å²) in [6, 6.07) is 2.09. The highest BCUT2D eigenvalue weighted by molar-refractivity contribution is 14.1. The average Bonchev–Trinajstić information content (AvgIpc) is 2.70. The van der Waals surface area contributed by atoms with Crippen LogP contribution in [0.4, 0.5) is 0 Å². The summed E-state index contributed by atoms with van der Waals surface area (Å²) in [6.07, 6.45) is 1.36. The van der Waals surface area contributed by atoms with Gasteiger partial charge in [-0.05, 0) is 38.0 Å². The molecule has 2 rings (SSSR count). The highest BCUT2D eigenvalue weighted by Crippen LogP contribution is 2.39. The van der Waals surface area contributed by atoms with Gasteiger partial charge in [-0.25, -0.2) is 0 Å². The molecule has 1 atom stereocenters. The highest BCUT2D eigenvalue weighted by Gasteiger charge is 2.26. The van der Waals surface area contributed by atoms with Crippen molar-refractivity contribution < 1.29 is 9.47 Å². The standard InChI is InChI=1S/C13H17IO2/c1-4-15-12-5-8(2)13-11(9(12)3)6-10(7-14)16-13/h5,10H,4,6-7H2,1-3H3. The van der Waals surface area contributed by atoms with E-state index in [1.807, 2.05) is 6.92 Å². The summed E-state index contributed by atoms with van der Waals surface area (Å²) < 4.78 is 12.6. The van der Waals surface area contributed by atoms with Crippen LogP contribution in [0.2, 0.25) is 0 Å². The van der Waals surface area contributed by atoms with Crippen LogP contribution in [0.5, 0.6) is 11.5 Å². The summed E-state index contributed by atoms with van der Waals surface area (Å²) >= 11 is 2.38. The first-order valence-corrected chi connectivity index (χ1v) is 7.18. The number of aryl methyl sites for hydroxylation is 1. The zero-order chi connectivity index (χ0) is 11.7. The Morgan fingerprint density at radius 1 is 1.50 bits per heavy atom. The van der Waals surface area contributed by atoms with Gasteiger partial charge in [0.25, 0.3) is 0 Å². The molecule has 0 fully saturated rings. The molecule has 1 aromatic rings. The Kier molecular flexibility index (Phi) is 3.62. The van der Waals surface area contributed by atoms with Crippen LogP contribution in [0, 0.1) is 13.8 Å². The van der Waals surface area contributed by atoms with Gasteiger partial charge in [0, 0.05) is 16.4 Å². The Hall–Kier alpha value is -0.450. The first-order chi connectivity index (χ1) is 7.67. The maximum absolute atomic E-state index is 5.94. The van der Waals surface area contributed by atoms with Crippen molar-refractivity contribution in [1.29, 1.82) is 0 Å². The summed E-state index contributed by atoms with van der Waals surface area (Å²) in [5.41, 5.74) is 3.77. The van der Waals surface area contributed by atoms with Crippen LogP contribution < -0.4 is 9.47 Å². The summed E-state index contributed by atoms with van der Waals surface area (Å²) in [5, 5.41) is 0. The molecular weight excluding hydrogens is 315 g/mol. The van der Waals surface area contributed by atoms with Crippen LogP contribution in [0.25, 0.3) is 0 Å². The second-order valence-corrected chi connectivity index (χ2v) is 5.04. The molecule has 3 heteroatoms. The van der Waals surface area contributed by atoms with E-state index in [0.717, 1.165) is 29.0 Å². The number of halogens is 1. The number of alkyl halides is 1. The normalized spacial score (nSPS) is 18.1. The minimum absolute atomic E-state index is 0.338. The van der Waals surface area contributed by atoms with Crippen molar-refractivity contribution in [1.82, 2.24) is 0 Å². The lowest BCUT2D eigenvalue weighted by molar-refractivity contribution is 0.261. The van der Waals surface area contributed by atoms with Gasteiger partial charge in [-0.1, -0.05) is 22.6 Å². The molecule has 1 heterocycles. The average molecular weight is 332 g/mol. The molecule has 0 bridgehead atoms. The third kappa shape index (κ3) is 2.01. The number of ether oxygens (including phenoxy) is 2. The van der Waals surface area contributed by atoms with Gasteiger partial charge in [-0.2, -0.15) is 0 Å². The van der Waals surface area contributed by atoms with Gasteiger partial charge in [-0.15, -0.1) is 0 Å². The van der Waals surface area contributed by atoms with Crippen LogP contribution in [0.15, 0.2) is 6.07 Å². The van der Waals surface area contributed by atoms with Crippen LogP contribution >= 0.6 is 22.6 Å². The lowest BCUT2D eigenvalue weighted by Gasteiger charge is -2.12. The molecule has 0 saturated heterocycles. The smallest absolute Gasteiger partial charge is 0.126 e. The van der Waals surface area contributed by atoms with Crippen molar-refractivity contribution in [3.05, 3.63) is 22.8 Å². The molecule has 16 heavy (non-hydrogen) atoms. The molecule has 0 amide bonds.